The normalized spacial score (nSPS) is 16.0. The molecule has 0 aliphatic carbocycles. The summed E-state index contributed by atoms with van der Waals surface area (Å²) >= 11 is 0. The molecule has 0 unspecified atom stereocenters. The number of benzene rings is 1. The summed E-state index contributed by atoms with van der Waals surface area (Å²) in [5.41, 5.74) is 1.20. The Balaban J connectivity index is 1.73. The number of nitrogens with zero attached hydrogens (tertiary/aromatic N) is 2. The van der Waals surface area contributed by atoms with Crippen LogP contribution in [-0.4, -0.2) is 42.9 Å². The minimum Gasteiger partial charge on any atom is -0.357 e. The third kappa shape index (κ3) is 6.60. The molecule has 132 valence electrons. The summed E-state index contributed by atoms with van der Waals surface area (Å²) in [7, 11) is 0. The van der Waals surface area contributed by atoms with Crippen LogP contribution in [0.15, 0.2) is 35.3 Å². The molecule has 24 heavy (non-hydrogen) atoms. The zero-order valence-electron chi connectivity index (χ0n) is 14.8. The lowest BCUT2D eigenvalue weighted by molar-refractivity contribution is -0.130. The Hall–Kier alpha value is -2.04. The van der Waals surface area contributed by atoms with Crippen molar-refractivity contribution in [2.45, 2.75) is 45.6 Å². The average Bonchev–Trinajstić information content (AvgIpc) is 2.81. The number of guanidine groups is 1. The van der Waals surface area contributed by atoms with E-state index in [9.17, 15) is 4.79 Å². The molecule has 5 nitrogen and oxygen atoms in total. The second-order valence-corrected chi connectivity index (χ2v) is 6.15. The summed E-state index contributed by atoms with van der Waals surface area (Å²) in [5, 5.41) is 6.63. The van der Waals surface area contributed by atoms with Gasteiger partial charge in [0, 0.05) is 32.6 Å². The highest BCUT2D eigenvalue weighted by Gasteiger charge is 2.15. The summed E-state index contributed by atoms with van der Waals surface area (Å²) < 4.78 is 0. The number of amides is 1. The molecule has 1 heterocycles. The Kier molecular flexibility index (Phi) is 8.15. The van der Waals surface area contributed by atoms with E-state index in [0.717, 1.165) is 51.4 Å². The van der Waals surface area contributed by atoms with Crippen LogP contribution in [0, 0.1) is 0 Å². The summed E-state index contributed by atoms with van der Waals surface area (Å²) in [6.07, 6.45) is 5.03. The SMILES string of the molecule is CCNC(=NCc1ccccc1)NCCCN1CCCCCC1=O. The van der Waals surface area contributed by atoms with Crippen LogP contribution in [-0.2, 0) is 11.3 Å². The Morgan fingerprint density at radius 2 is 2.00 bits per heavy atom. The number of hydrogen-bond donors (Lipinski definition) is 2. The van der Waals surface area contributed by atoms with Gasteiger partial charge in [-0.2, -0.15) is 0 Å². The standard InChI is InChI=1S/C19H30N4O/c1-2-20-19(22-16-17-10-5-3-6-11-17)21-13-9-15-23-14-8-4-7-12-18(23)24/h3,5-6,10-11H,2,4,7-9,12-16H2,1H3,(H2,20,21,22). The molecule has 1 aliphatic rings. The van der Waals surface area contributed by atoms with E-state index in [2.05, 4.69) is 34.7 Å². The molecule has 1 amide bonds. The maximum atomic E-state index is 12.0. The van der Waals surface area contributed by atoms with E-state index in [4.69, 9.17) is 0 Å². The zero-order chi connectivity index (χ0) is 17.0. The molecule has 1 aromatic rings. The smallest absolute Gasteiger partial charge is 0.222 e. The summed E-state index contributed by atoms with van der Waals surface area (Å²) in [6, 6.07) is 10.2. The van der Waals surface area contributed by atoms with Crippen LogP contribution in [0.4, 0.5) is 0 Å². The Labute approximate surface area is 145 Å². The summed E-state index contributed by atoms with van der Waals surface area (Å²) in [4.78, 5) is 18.6. The molecule has 0 spiro atoms. The second kappa shape index (κ2) is 10.7. The van der Waals surface area contributed by atoms with Crippen molar-refractivity contribution in [2.24, 2.45) is 4.99 Å². The van der Waals surface area contributed by atoms with Gasteiger partial charge in [-0.15, -0.1) is 0 Å². The highest BCUT2D eigenvalue weighted by Crippen LogP contribution is 2.11. The molecule has 1 aliphatic heterocycles. The molecule has 1 fully saturated rings. The van der Waals surface area contributed by atoms with Gasteiger partial charge in [0.15, 0.2) is 5.96 Å². The van der Waals surface area contributed by atoms with Crippen LogP contribution < -0.4 is 10.6 Å². The third-order valence-electron chi connectivity index (χ3n) is 4.18. The van der Waals surface area contributed by atoms with E-state index in [1.807, 2.05) is 23.1 Å². The van der Waals surface area contributed by atoms with Crippen molar-refractivity contribution in [2.75, 3.05) is 26.2 Å². The van der Waals surface area contributed by atoms with Gasteiger partial charge in [-0.1, -0.05) is 36.8 Å². The molecule has 0 bridgehead atoms. The fourth-order valence-electron chi connectivity index (χ4n) is 2.85. The monoisotopic (exact) mass is 330 g/mol. The number of carbonyl (C=O) groups is 1. The van der Waals surface area contributed by atoms with Crippen molar-refractivity contribution < 1.29 is 4.79 Å². The first-order valence-corrected chi connectivity index (χ1v) is 9.13. The summed E-state index contributed by atoms with van der Waals surface area (Å²) in [5.74, 6) is 1.15. The van der Waals surface area contributed by atoms with Gasteiger partial charge in [-0.05, 0) is 31.7 Å². The highest BCUT2D eigenvalue weighted by atomic mass is 16.2. The Morgan fingerprint density at radius 3 is 2.79 bits per heavy atom. The quantitative estimate of drug-likeness (QED) is 0.459. The van der Waals surface area contributed by atoms with E-state index >= 15 is 0 Å². The topological polar surface area (TPSA) is 56.7 Å². The van der Waals surface area contributed by atoms with E-state index in [0.29, 0.717) is 18.9 Å². The molecule has 1 saturated heterocycles. The molecular weight excluding hydrogens is 300 g/mol. The van der Waals surface area contributed by atoms with Crippen LogP contribution >= 0.6 is 0 Å². The first-order chi connectivity index (χ1) is 11.8. The van der Waals surface area contributed by atoms with Crippen LogP contribution in [0.25, 0.3) is 0 Å². The van der Waals surface area contributed by atoms with Crippen molar-refractivity contribution >= 4 is 11.9 Å². The van der Waals surface area contributed by atoms with Crippen LogP contribution in [0.1, 0.15) is 44.6 Å². The predicted molar refractivity (Wildman–Crippen MR) is 98.9 cm³/mol. The molecule has 2 N–H and O–H groups in total. The lowest BCUT2D eigenvalue weighted by Crippen LogP contribution is -2.39. The van der Waals surface area contributed by atoms with Crippen molar-refractivity contribution in [3.8, 4) is 0 Å². The molecule has 0 radical (unpaired) electrons. The van der Waals surface area contributed by atoms with Gasteiger partial charge in [0.25, 0.3) is 0 Å². The number of aliphatic imine (C=N–C) groups is 1. The van der Waals surface area contributed by atoms with Gasteiger partial charge >= 0.3 is 0 Å². The van der Waals surface area contributed by atoms with Crippen molar-refractivity contribution in [1.82, 2.24) is 15.5 Å². The van der Waals surface area contributed by atoms with E-state index in [1.165, 1.54) is 12.0 Å². The van der Waals surface area contributed by atoms with Gasteiger partial charge in [0.2, 0.25) is 5.91 Å². The van der Waals surface area contributed by atoms with Crippen LogP contribution in [0.3, 0.4) is 0 Å². The van der Waals surface area contributed by atoms with Crippen molar-refractivity contribution in [3.05, 3.63) is 35.9 Å². The molecule has 2 rings (SSSR count). The fourth-order valence-corrected chi connectivity index (χ4v) is 2.85. The van der Waals surface area contributed by atoms with Crippen LogP contribution in [0.5, 0.6) is 0 Å². The minimum absolute atomic E-state index is 0.317. The molecule has 0 saturated carbocycles. The lowest BCUT2D eigenvalue weighted by atomic mass is 10.2. The van der Waals surface area contributed by atoms with E-state index in [1.54, 1.807) is 0 Å². The van der Waals surface area contributed by atoms with Gasteiger partial charge in [-0.25, -0.2) is 4.99 Å². The number of nitrogens with one attached hydrogen (secondary N) is 2. The predicted octanol–water partition coefficient (Wildman–Crippen LogP) is 2.53. The Bertz CT molecular complexity index is 515. The van der Waals surface area contributed by atoms with Gasteiger partial charge in [0.1, 0.15) is 0 Å². The molecule has 5 heteroatoms. The largest absolute Gasteiger partial charge is 0.357 e. The second-order valence-electron chi connectivity index (χ2n) is 6.15. The Morgan fingerprint density at radius 1 is 1.17 bits per heavy atom. The van der Waals surface area contributed by atoms with Crippen molar-refractivity contribution in [3.63, 3.8) is 0 Å². The lowest BCUT2D eigenvalue weighted by Gasteiger charge is -2.20. The van der Waals surface area contributed by atoms with Crippen LogP contribution in [0.2, 0.25) is 0 Å². The number of likely N-dealkylation sites (tertiary alicyclic amines) is 1. The van der Waals surface area contributed by atoms with Crippen molar-refractivity contribution in [1.29, 1.82) is 0 Å². The van der Waals surface area contributed by atoms with Gasteiger partial charge < -0.3 is 15.5 Å². The number of carbonyl (C=O) groups excluding carboxylic acids is 1. The first-order valence-electron chi connectivity index (χ1n) is 9.13. The maximum Gasteiger partial charge on any atom is 0.222 e. The molecule has 0 atom stereocenters. The molecular formula is C19H30N4O. The highest BCUT2D eigenvalue weighted by molar-refractivity contribution is 5.79. The molecule has 0 aromatic heterocycles. The fraction of sp³-hybridized carbons (Fsp3) is 0.579. The summed E-state index contributed by atoms with van der Waals surface area (Å²) in [6.45, 7) is 6.15. The number of hydrogen-bond acceptors (Lipinski definition) is 2. The average molecular weight is 330 g/mol. The van der Waals surface area contributed by atoms with Gasteiger partial charge in [0.05, 0.1) is 6.54 Å². The minimum atomic E-state index is 0.317. The van der Waals surface area contributed by atoms with E-state index in [-0.39, 0.29) is 0 Å². The van der Waals surface area contributed by atoms with E-state index < -0.39 is 0 Å². The third-order valence-corrected chi connectivity index (χ3v) is 4.18. The maximum absolute atomic E-state index is 12.0. The zero-order valence-corrected chi connectivity index (χ0v) is 14.8. The van der Waals surface area contributed by atoms with Gasteiger partial charge in [-0.3, -0.25) is 4.79 Å². The first kappa shape index (κ1) is 18.3. The number of rotatable bonds is 7. The molecule has 1 aromatic carbocycles.